The molecule has 2 amide bonds. The molecule has 26 heavy (non-hydrogen) atoms. The highest BCUT2D eigenvalue weighted by Crippen LogP contribution is 2.27. The summed E-state index contributed by atoms with van der Waals surface area (Å²) >= 11 is 1.12. The highest BCUT2D eigenvalue weighted by Gasteiger charge is 2.44. The van der Waals surface area contributed by atoms with Gasteiger partial charge in [0.25, 0.3) is 11.8 Å². The van der Waals surface area contributed by atoms with Gasteiger partial charge in [0, 0.05) is 11.9 Å². The third-order valence-electron chi connectivity index (χ3n) is 4.32. The van der Waals surface area contributed by atoms with Crippen molar-refractivity contribution in [3.8, 4) is 0 Å². The number of carbonyl (C=O) groups excluding carboxylic acids is 2. The second-order valence-corrected chi connectivity index (χ2v) is 6.73. The minimum absolute atomic E-state index is 0.0987. The van der Waals surface area contributed by atoms with Crippen LogP contribution < -0.4 is 4.90 Å². The van der Waals surface area contributed by atoms with E-state index in [0.29, 0.717) is 31.1 Å². The molecule has 136 valence electrons. The Hall–Kier alpha value is -2.50. The SMILES string of the molecule is O=C(c1csnn1)N1CCOCC2(C1)CN(c1cncnc1)C(=O)CO2. The Bertz CT molecular complexity index is 789. The second-order valence-electron chi connectivity index (χ2n) is 6.12. The third-order valence-corrected chi connectivity index (χ3v) is 4.83. The summed E-state index contributed by atoms with van der Waals surface area (Å²) in [6.07, 6.45) is 4.55. The molecule has 10 nitrogen and oxygen atoms in total. The van der Waals surface area contributed by atoms with Crippen molar-refractivity contribution in [1.82, 2.24) is 24.5 Å². The first-order valence-corrected chi connectivity index (χ1v) is 8.84. The molecule has 0 N–H and O–H groups in total. The van der Waals surface area contributed by atoms with Gasteiger partial charge in [0.2, 0.25) is 0 Å². The van der Waals surface area contributed by atoms with Crippen LogP contribution in [0.1, 0.15) is 10.5 Å². The van der Waals surface area contributed by atoms with E-state index in [1.807, 2.05) is 0 Å². The van der Waals surface area contributed by atoms with E-state index in [9.17, 15) is 9.59 Å². The van der Waals surface area contributed by atoms with Crippen LogP contribution in [-0.2, 0) is 14.3 Å². The molecule has 11 heteroatoms. The van der Waals surface area contributed by atoms with Gasteiger partial charge in [-0.1, -0.05) is 4.49 Å². The molecule has 4 heterocycles. The number of amides is 2. The Morgan fingerprint density at radius 1 is 1.27 bits per heavy atom. The summed E-state index contributed by atoms with van der Waals surface area (Å²) in [4.78, 5) is 36.1. The Morgan fingerprint density at radius 3 is 2.88 bits per heavy atom. The molecule has 0 aromatic carbocycles. The van der Waals surface area contributed by atoms with Crippen LogP contribution in [0.25, 0.3) is 0 Å². The molecule has 2 aliphatic heterocycles. The zero-order valence-electron chi connectivity index (χ0n) is 13.8. The number of nitrogens with zero attached hydrogens (tertiary/aromatic N) is 6. The fourth-order valence-electron chi connectivity index (χ4n) is 3.06. The summed E-state index contributed by atoms with van der Waals surface area (Å²) in [5, 5.41) is 5.46. The largest absolute Gasteiger partial charge is 0.376 e. The summed E-state index contributed by atoms with van der Waals surface area (Å²) < 4.78 is 15.3. The van der Waals surface area contributed by atoms with Gasteiger partial charge in [0.15, 0.2) is 5.69 Å². The average molecular weight is 376 g/mol. The van der Waals surface area contributed by atoms with Crippen LogP contribution in [0.2, 0.25) is 0 Å². The van der Waals surface area contributed by atoms with Crippen LogP contribution in [0.5, 0.6) is 0 Å². The molecule has 0 saturated carbocycles. The lowest BCUT2D eigenvalue weighted by molar-refractivity contribution is -0.145. The van der Waals surface area contributed by atoms with Gasteiger partial charge in [-0.15, -0.1) is 5.10 Å². The number of hydrogen-bond acceptors (Lipinski definition) is 9. The smallest absolute Gasteiger partial charge is 0.275 e. The number of carbonyl (C=O) groups is 2. The lowest BCUT2D eigenvalue weighted by Gasteiger charge is -2.42. The molecule has 4 rings (SSSR count). The predicted molar refractivity (Wildman–Crippen MR) is 89.7 cm³/mol. The highest BCUT2D eigenvalue weighted by molar-refractivity contribution is 7.03. The first kappa shape index (κ1) is 16.9. The number of anilines is 1. The molecule has 2 aromatic heterocycles. The lowest BCUT2D eigenvalue weighted by Crippen LogP contribution is -2.61. The van der Waals surface area contributed by atoms with Crippen molar-refractivity contribution in [2.45, 2.75) is 5.60 Å². The Balaban J connectivity index is 1.57. The summed E-state index contributed by atoms with van der Waals surface area (Å²) in [5.74, 6) is -0.407. The molecule has 1 spiro atoms. The monoisotopic (exact) mass is 376 g/mol. The number of rotatable bonds is 2. The van der Waals surface area contributed by atoms with Gasteiger partial charge < -0.3 is 19.3 Å². The van der Waals surface area contributed by atoms with E-state index in [2.05, 4.69) is 19.6 Å². The van der Waals surface area contributed by atoms with Crippen molar-refractivity contribution in [2.24, 2.45) is 0 Å². The van der Waals surface area contributed by atoms with E-state index < -0.39 is 5.60 Å². The van der Waals surface area contributed by atoms with Gasteiger partial charge in [0.1, 0.15) is 18.5 Å². The van der Waals surface area contributed by atoms with E-state index in [-0.39, 0.29) is 31.6 Å². The van der Waals surface area contributed by atoms with E-state index in [1.54, 1.807) is 27.6 Å². The molecule has 1 unspecified atom stereocenters. The van der Waals surface area contributed by atoms with Crippen molar-refractivity contribution in [1.29, 1.82) is 0 Å². The maximum absolute atomic E-state index is 12.7. The maximum Gasteiger partial charge on any atom is 0.275 e. The van der Waals surface area contributed by atoms with E-state index in [4.69, 9.17) is 9.47 Å². The second kappa shape index (κ2) is 7.02. The van der Waals surface area contributed by atoms with Crippen molar-refractivity contribution in [3.63, 3.8) is 0 Å². The lowest BCUT2D eigenvalue weighted by atomic mass is 10.0. The molecule has 2 saturated heterocycles. The van der Waals surface area contributed by atoms with Crippen molar-refractivity contribution in [2.75, 3.05) is 44.4 Å². The van der Waals surface area contributed by atoms with Gasteiger partial charge in [-0.3, -0.25) is 9.59 Å². The number of hydrogen-bond donors (Lipinski definition) is 0. The van der Waals surface area contributed by atoms with Gasteiger partial charge in [-0.2, -0.15) is 0 Å². The molecule has 0 aliphatic carbocycles. The summed E-state index contributed by atoms with van der Waals surface area (Å²) in [6.45, 7) is 1.53. The maximum atomic E-state index is 12.7. The molecular weight excluding hydrogens is 360 g/mol. The van der Waals surface area contributed by atoms with Crippen molar-refractivity contribution in [3.05, 3.63) is 29.8 Å². The molecule has 2 aliphatic rings. The first-order valence-electron chi connectivity index (χ1n) is 8.00. The number of aromatic nitrogens is 4. The fraction of sp³-hybridized carbons (Fsp3) is 0.467. The minimum atomic E-state index is -0.820. The van der Waals surface area contributed by atoms with Gasteiger partial charge in [-0.25, -0.2) is 9.97 Å². The topological polar surface area (TPSA) is 111 Å². The van der Waals surface area contributed by atoms with E-state index in [0.717, 1.165) is 11.5 Å². The third kappa shape index (κ3) is 3.28. The molecule has 0 bridgehead atoms. The fourth-order valence-corrected chi connectivity index (χ4v) is 3.49. The van der Waals surface area contributed by atoms with Crippen molar-refractivity contribution < 1.29 is 19.1 Å². The zero-order chi connectivity index (χ0) is 18.0. The summed E-state index contributed by atoms with van der Waals surface area (Å²) in [5.41, 5.74) is 0.0672. The highest BCUT2D eigenvalue weighted by atomic mass is 32.1. The van der Waals surface area contributed by atoms with E-state index in [1.165, 1.54) is 6.33 Å². The zero-order valence-corrected chi connectivity index (χ0v) is 14.6. The van der Waals surface area contributed by atoms with Crippen LogP contribution in [-0.4, -0.2) is 81.3 Å². The molecule has 2 aromatic rings. The first-order chi connectivity index (χ1) is 12.7. The normalized spacial score (nSPS) is 23.9. The van der Waals surface area contributed by atoms with Crippen LogP contribution in [0, 0.1) is 0 Å². The van der Waals surface area contributed by atoms with Crippen LogP contribution in [0.3, 0.4) is 0 Å². The molecule has 0 radical (unpaired) electrons. The predicted octanol–water partition coefficient (Wildman–Crippen LogP) is -0.397. The van der Waals surface area contributed by atoms with Gasteiger partial charge in [0.05, 0.1) is 44.4 Å². The Kier molecular flexibility index (Phi) is 4.57. The van der Waals surface area contributed by atoms with Gasteiger partial charge in [-0.05, 0) is 11.5 Å². The van der Waals surface area contributed by atoms with Gasteiger partial charge >= 0.3 is 0 Å². The minimum Gasteiger partial charge on any atom is -0.376 e. The standard InChI is InChI=1S/C15H16N6O4S/c22-13-5-25-15(8-21(13)11-3-16-10-17-4-11)7-20(1-2-24-9-15)14(23)12-6-26-19-18-12/h3-4,6,10H,1-2,5,7-9H2. The summed E-state index contributed by atoms with van der Waals surface area (Å²) in [6, 6.07) is 0. The molecule has 2 fully saturated rings. The average Bonchev–Trinajstić information content (AvgIpc) is 3.13. The molecular formula is C15H16N6O4S. The number of morpholine rings is 1. The van der Waals surface area contributed by atoms with Crippen molar-refractivity contribution >= 4 is 29.0 Å². The molecule has 1 atom stereocenters. The Labute approximate surface area is 152 Å². The van der Waals surface area contributed by atoms with Crippen LogP contribution in [0.15, 0.2) is 24.1 Å². The Morgan fingerprint density at radius 2 is 2.12 bits per heavy atom. The number of ether oxygens (including phenoxy) is 2. The van der Waals surface area contributed by atoms with E-state index >= 15 is 0 Å². The van der Waals surface area contributed by atoms with Crippen LogP contribution >= 0.6 is 11.5 Å². The quantitative estimate of drug-likeness (QED) is 0.696. The summed E-state index contributed by atoms with van der Waals surface area (Å²) in [7, 11) is 0. The van der Waals surface area contributed by atoms with Crippen LogP contribution in [0.4, 0.5) is 5.69 Å².